The summed E-state index contributed by atoms with van der Waals surface area (Å²) in [6, 6.07) is 9.06. The summed E-state index contributed by atoms with van der Waals surface area (Å²) in [6.07, 6.45) is 1.59. The maximum atomic E-state index is 12.5. The predicted molar refractivity (Wildman–Crippen MR) is 111 cm³/mol. The van der Waals surface area contributed by atoms with Gasteiger partial charge in [0.15, 0.2) is 5.13 Å². The topological polar surface area (TPSA) is 115 Å². The summed E-state index contributed by atoms with van der Waals surface area (Å²) in [5.41, 5.74) is 2.88. The number of thiophene rings is 1. The van der Waals surface area contributed by atoms with E-state index in [4.69, 9.17) is 0 Å². The molecule has 0 spiro atoms. The van der Waals surface area contributed by atoms with Gasteiger partial charge in [0.2, 0.25) is 5.91 Å². The number of carbonyl (C=O) groups excluding carboxylic acids is 2. The number of hydrogen-bond acceptors (Lipinski definition) is 8. The molecule has 1 aromatic carbocycles. The Labute approximate surface area is 173 Å². The van der Waals surface area contributed by atoms with Gasteiger partial charge in [0.25, 0.3) is 5.91 Å². The van der Waals surface area contributed by atoms with E-state index >= 15 is 0 Å². The second kappa shape index (κ2) is 8.29. The van der Waals surface area contributed by atoms with Crippen LogP contribution in [0.25, 0.3) is 5.69 Å². The Balaban J connectivity index is 1.40. The van der Waals surface area contributed by atoms with Gasteiger partial charge in [-0.25, -0.2) is 9.67 Å². The van der Waals surface area contributed by atoms with Crippen LogP contribution in [0.5, 0.6) is 0 Å². The zero-order valence-corrected chi connectivity index (χ0v) is 16.8. The fraction of sp³-hybridized carbons (Fsp3) is 0.111. The van der Waals surface area contributed by atoms with E-state index in [-0.39, 0.29) is 18.2 Å². The van der Waals surface area contributed by atoms with Gasteiger partial charge in [-0.2, -0.15) is 0 Å². The number of nitrogens with zero attached hydrogens (tertiary/aromatic N) is 5. The highest BCUT2D eigenvalue weighted by atomic mass is 32.1. The van der Waals surface area contributed by atoms with E-state index in [1.165, 1.54) is 33.7 Å². The number of nitrogens with one attached hydrogen (secondary N) is 2. The molecule has 0 bridgehead atoms. The molecule has 2 N–H and O–H groups in total. The van der Waals surface area contributed by atoms with E-state index in [1.807, 2.05) is 36.6 Å². The highest BCUT2D eigenvalue weighted by molar-refractivity contribution is 7.14. The summed E-state index contributed by atoms with van der Waals surface area (Å²) in [5.74, 6) is -0.413. The van der Waals surface area contributed by atoms with E-state index in [2.05, 4.69) is 31.1 Å². The number of rotatable bonds is 6. The van der Waals surface area contributed by atoms with Crippen molar-refractivity contribution in [3.63, 3.8) is 0 Å². The first-order valence-corrected chi connectivity index (χ1v) is 10.3. The molecule has 11 heteroatoms. The second-order valence-corrected chi connectivity index (χ2v) is 7.81. The van der Waals surface area contributed by atoms with Gasteiger partial charge in [-0.1, -0.05) is 12.1 Å². The molecule has 0 aliphatic carbocycles. The van der Waals surface area contributed by atoms with E-state index in [0.29, 0.717) is 21.4 Å². The van der Waals surface area contributed by atoms with Crippen molar-refractivity contribution in [1.29, 1.82) is 0 Å². The summed E-state index contributed by atoms with van der Waals surface area (Å²) in [6.45, 7) is 1.88. The van der Waals surface area contributed by atoms with Gasteiger partial charge in [0.05, 0.1) is 22.7 Å². The number of tetrazole rings is 1. The highest BCUT2D eigenvalue weighted by Crippen LogP contribution is 2.22. The summed E-state index contributed by atoms with van der Waals surface area (Å²) in [4.78, 5) is 29.5. The zero-order chi connectivity index (χ0) is 20.2. The number of benzene rings is 1. The number of amides is 2. The van der Waals surface area contributed by atoms with E-state index in [0.717, 1.165) is 11.3 Å². The maximum absolute atomic E-state index is 12.5. The average molecular weight is 425 g/mol. The number of hydrogen-bond donors (Lipinski definition) is 2. The SMILES string of the molecule is Cc1c(NC(=O)Cc2csc(NC(=O)c3cccs3)n2)cccc1-n1cnnn1. The van der Waals surface area contributed by atoms with Crippen LogP contribution in [0.3, 0.4) is 0 Å². The minimum Gasteiger partial charge on any atom is -0.325 e. The van der Waals surface area contributed by atoms with Crippen LogP contribution in [-0.4, -0.2) is 37.0 Å². The van der Waals surface area contributed by atoms with Gasteiger partial charge in [-0.3, -0.25) is 14.9 Å². The number of carbonyl (C=O) groups is 2. The predicted octanol–water partition coefficient (Wildman–Crippen LogP) is 2.92. The van der Waals surface area contributed by atoms with Crippen LogP contribution < -0.4 is 10.6 Å². The van der Waals surface area contributed by atoms with Crippen LogP contribution in [0.4, 0.5) is 10.8 Å². The molecule has 0 aliphatic heterocycles. The molecule has 0 saturated heterocycles. The second-order valence-electron chi connectivity index (χ2n) is 6.00. The Bertz CT molecular complexity index is 1140. The summed E-state index contributed by atoms with van der Waals surface area (Å²) in [5, 5.41) is 20.8. The molecule has 0 unspecified atom stereocenters. The first-order valence-electron chi connectivity index (χ1n) is 8.52. The number of thiazole rings is 1. The van der Waals surface area contributed by atoms with Crippen molar-refractivity contribution in [1.82, 2.24) is 25.2 Å². The van der Waals surface area contributed by atoms with Crippen LogP contribution in [0.15, 0.2) is 47.4 Å². The molecule has 29 heavy (non-hydrogen) atoms. The van der Waals surface area contributed by atoms with Crippen molar-refractivity contribution in [2.45, 2.75) is 13.3 Å². The van der Waals surface area contributed by atoms with Crippen molar-refractivity contribution < 1.29 is 9.59 Å². The molecule has 3 heterocycles. The molecule has 3 aromatic heterocycles. The lowest BCUT2D eigenvalue weighted by Crippen LogP contribution is -2.16. The standard InChI is InChI=1S/C18H15N7O2S2/c1-11-13(4-2-5-14(11)25-10-19-23-24-25)21-16(26)8-12-9-29-18(20-12)22-17(27)15-6-3-7-28-15/h2-7,9-10H,8H2,1H3,(H,21,26)(H,20,22,27). The minimum atomic E-state index is -0.208. The number of aromatic nitrogens is 5. The lowest BCUT2D eigenvalue weighted by atomic mass is 10.1. The van der Waals surface area contributed by atoms with Gasteiger partial charge < -0.3 is 5.32 Å². The summed E-state index contributed by atoms with van der Waals surface area (Å²) < 4.78 is 1.54. The van der Waals surface area contributed by atoms with Crippen molar-refractivity contribution in [3.8, 4) is 5.69 Å². The Morgan fingerprint density at radius 1 is 1.14 bits per heavy atom. The smallest absolute Gasteiger partial charge is 0.267 e. The third kappa shape index (κ3) is 4.36. The van der Waals surface area contributed by atoms with Gasteiger partial charge >= 0.3 is 0 Å². The van der Waals surface area contributed by atoms with Crippen LogP contribution in [0.2, 0.25) is 0 Å². The maximum Gasteiger partial charge on any atom is 0.267 e. The van der Waals surface area contributed by atoms with Gasteiger partial charge in [0, 0.05) is 11.1 Å². The Kier molecular flexibility index (Phi) is 5.40. The van der Waals surface area contributed by atoms with Crippen LogP contribution in [0.1, 0.15) is 20.9 Å². The molecular formula is C18H15N7O2S2. The van der Waals surface area contributed by atoms with Crippen LogP contribution in [0, 0.1) is 6.92 Å². The average Bonchev–Trinajstić information content (AvgIpc) is 3.46. The Morgan fingerprint density at radius 3 is 2.79 bits per heavy atom. The molecule has 146 valence electrons. The Hall–Kier alpha value is -3.44. The molecular weight excluding hydrogens is 410 g/mol. The lowest BCUT2D eigenvalue weighted by molar-refractivity contribution is -0.115. The quantitative estimate of drug-likeness (QED) is 0.491. The van der Waals surface area contributed by atoms with Gasteiger partial charge in [-0.15, -0.1) is 27.8 Å². The third-order valence-electron chi connectivity index (χ3n) is 4.03. The van der Waals surface area contributed by atoms with Crippen molar-refractivity contribution in [2.24, 2.45) is 0 Å². The fourth-order valence-corrected chi connectivity index (χ4v) is 3.97. The van der Waals surface area contributed by atoms with Crippen molar-refractivity contribution in [3.05, 3.63) is 63.6 Å². The fourth-order valence-electron chi connectivity index (χ4n) is 2.65. The summed E-state index contributed by atoms with van der Waals surface area (Å²) >= 11 is 2.64. The molecule has 9 nitrogen and oxygen atoms in total. The first kappa shape index (κ1) is 18.9. The van der Waals surface area contributed by atoms with Crippen molar-refractivity contribution in [2.75, 3.05) is 10.6 Å². The largest absolute Gasteiger partial charge is 0.325 e. The Morgan fingerprint density at radius 2 is 2.03 bits per heavy atom. The molecule has 0 radical (unpaired) electrons. The van der Waals surface area contributed by atoms with Gasteiger partial charge in [0.1, 0.15) is 6.33 Å². The van der Waals surface area contributed by atoms with E-state index in [1.54, 1.807) is 11.4 Å². The normalized spacial score (nSPS) is 10.7. The highest BCUT2D eigenvalue weighted by Gasteiger charge is 2.14. The summed E-state index contributed by atoms with van der Waals surface area (Å²) in [7, 11) is 0. The minimum absolute atomic E-state index is 0.0971. The third-order valence-corrected chi connectivity index (χ3v) is 5.71. The molecule has 4 rings (SSSR count). The van der Waals surface area contributed by atoms with Crippen LogP contribution >= 0.6 is 22.7 Å². The van der Waals surface area contributed by atoms with Crippen molar-refractivity contribution >= 4 is 45.3 Å². The zero-order valence-electron chi connectivity index (χ0n) is 15.2. The monoisotopic (exact) mass is 425 g/mol. The molecule has 4 aromatic rings. The lowest BCUT2D eigenvalue weighted by Gasteiger charge is -2.11. The number of anilines is 2. The van der Waals surface area contributed by atoms with Gasteiger partial charge in [-0.05, 0) is 46.5 Å². The first-order chi connectivity index (χ1) is 14.1. The molecule has 0 fully saturated rings. The molecule has 2 amide bonds. The molecule has 0 atom stereocenters. The van der Waals surface area contributed by atoms with Crippen LogP contribution in [-0.2, 0) is 11.2 Å². The van der Waals surface area contributed by atoms with E-state index in [9.17, 15) is 9.59 Å². The molecule has 0 saturated carbocycles. The molecule has 0 aliphatic rings. The van der Waals surface area contributed by atoms with E-state index < -0.39 is 0 Å².